The summed E-state index contributed by atoms with van der Waals surface area (Å²) in [4.78, 5) is 24.1. The van der Waals surface area contributed by atoms with Gasteiger partial charge in [-0.15, -0.1) is 0 Å². The minimum atomic E-state index is -0.900. The maximum atomic E-state index is 11.9. The van der Waals surface area contributed by atoms with Crippen molar-refractivity contribution in [2.75, 3.05) is 26.8 Å². The molecule has 0 aliphatic carbocycles. The highest BCUT2D eigenvalue weighted by molar-refractivity contribution is 5.77. The predicted molar refractivity (Wildman–Crippen MR) is 86.8 cm³/mol. The predicted octanol–water partition coefficient (Wildman–Crippen LogP) is 2.42. The zero-order valence-electron chi connectivity index (χ0n) is 13.9. The molecule has 6 nitrogen and oxygen atoms in total. The lowest BCUT2D eigenvalue weighted by Gasteiger charge is -2.19. The molecule has 1 aromatic rings. The van der Waals surface area contributed by atoms with E-state index < -0.39 is 11.9 Å². The number of carbonyl (C=O) groups is 2. The van der Waals surface area contributed by atoms with Gasteiger partial charge in [0.25, 0.3) is 0 Å². The van der Waals surface area contributed by atoms with E-state index in [1.54, 1.807) is 14.0 Å². The van der Waals surface area contributed by atoms with E-state index in [9.17, 15) is 9.59 Å². The Labute approximate surface area is 137 Å². The third-order valence-corrected chi connectivity index (χ3v) is 3.33. The van der Waals surface area contributed by atoms with Crippen molar-refractivity contribution >= 4 is 11.9 Å². The number of benzene rings is 1. The van der Waals surface area contributed by atoms with Gasteiger partial charge in [0.15, 0.2) is 0 Å². The van der Waals surface area contributed by atoms with Gasteiger partial charge in [0.1, 0.15) is 11.5 Å². The molecule has 23 heavy (non-hydrogen) atoms. The van der Waals surface area contributed by atoms with Crippen LogP contribution in [0.4, 0.5) is 0 Å². The Balaban J connectivity index is 2.25. The highest BCUT2D eigenvalue weighted by Crippen LogP contribution is 2.17. The van der Waals surface area contributed by atoms with Crippen LogP contribution in [-0.4, -0.2) is 48.7 Å². The molecule has 0 spiro atoms. The zero-order valence-corrected chi connectivity index (χ0v) is 13.9. The maximum Gasteiger partial charge on any atom is 0.308 e. The summed E-state index contributed by atoms with van der Waals surface area (Å²) in [5.74, 6) is -0.0149. The molecule has 128 valence electrons. The molecule has 1 N–H and O–H groups in total. The summed E-state index contributed by atoms with van der Waals surface area (Å²) in [6, 6.07) is 7.33. The number of hydrogen-bond donors (Lipinski definition) is 1. The van der Waals surface area contributed by atoms with Crippen LogP contribution >= 0.6 is 0 Å². The van der Waals surface area contributed by atoms with Crippen molar-refractivity contribution in [1.29, 1.82) is 0 Å². The minimum absolute atomic E-state index is 0.0756. The Morgan fingerprint density at radius 3 is 2.26 bits per heavy atom. The van der Waals surface area contributed by atoms with E-state index in [0.717, 1.165) is 11.5 Å². The molecule has 1 rings (SSSR count). The molecule has 1 amide bonds. The van der Waals surface area contributed by atoms with Gasteiger partial charge in [-0.1, -0.05) is 6.92 Å². The van der Waals surface area contributed by atoms with Gasteiger partial charge in [-0.05, 0) is 37.6 Å². The first-order chi connectivity index (χ1) is 10.9. The van der Waals surface area contributed by atoms with E-state index in [1.807, 2.05) is 31.2 Å². The fourth-order valence-corrected chi connectivity index (χ4v) is 1.99. The summed E-state index contributed by atoms with van der Waals surface area (Å²) < 4.78 is 10.9. The first kappa shape index (κ1) is 18.8. The Morgan fingerprint density at radius 1 is 1.17 bits per heavy atom. The molecule has 0 aliphatic heterocycles. The molecule has 0 heterocycles. The van der Waals surface area contributed by atoms with Crippen LogP contribution in [0.2, 0.25) is 0 Å². The van der Waals surface area contributed by atoms with E-state index in [0.29, 0.717) is 26.1 Å². The van der Waals surface area contributed by atoms with Crippen molar-refractivity contribution in [2.45, 2.75) is 26.7 Å². The molecule has 0 radical (unpaired) electrons. The maximum absolute atomic E-state index is 11.9. The van der Waals surface area contributed by atoms with Gasteiger partial charge >= 0.3 is 5.97 Å². The van der Waals surface area contributed by atoms with Crippen LogP contribution in [0.5, 0.6) is 11.5 Å². The lowest BCUT2D eigenvalue weighted by Crippen LogP contribution is -2.33. The fraction of sp³-hybridized carbons (Fsp3) is 0.529. The lowest BCUT2D eigenvalue weighted by molar-refractivity contribution is -0.142. The highest BCUT2D eigenvalue weighted by atomic mass is 16.5. The number of hydrogen-bond acceptors (Lipinski definition) is 4. The molecule has 6 heteroatoms. The number of amides is 1. The van der Waals surface area contributed by atoms with Gasteiger partial charge in [0.05, 0.1) is 19.1 Å². The highest BCUT2D eigenvalue weighted by Gasteiger charge is 2.16. The largest absolute Gasteiger partial charge is 0.494 e. The van der Waals surface area contributed by atoms with Gasteiger partial charge in [-0.3, -0.25) is 9.59 Å². The van der Waals surface area contributed by atoms with Crippen LogP contribution in [0.3, 0.4) is 0 Å². The molecule has 1 aromatic carbocycles. The van der Waals surface area contributed by atoms with E-state index in [2.05, 4.69) is 0 Å². The van der Waals surface area contributed by atoms with Crippen LogP contribution in [0.25, 0.3) is 0 Å². The second-order valence-electron chi connectivity index (χ2n) is 5.37. The summed E-state index contributed by atoms with van der Waals surface area (Å²) in [6.45, 7) is 4.78. The van der Waals surface area contributed by atoms with Gasteiger partial charge in [0, 0.05) is 20.0 Å². The van der Waals surface area contributed by atoms with Crippen LogP contribution in [0.15, 0.2) is 24.3 Å². The quantitative estimate of drug-likeness (QED) is 0.669. The average Bonchev–Trinajstić information content (AvgIpc) is 2.52. The zero-order chi connectivity index (χ0) is 17.2. The Morgan fingerprint density at radius 2 is 1.74 bits per heavy atom. The standard InChI is InChI=1S/C17H25NO5/c1-4-22-14-7-9-15(10-8-14)23-11-5-6-16(19)18(3)12-13(2)17(20)21/h7-10,13H,4-6,11-12H2,1-3H3,(H,20,21). The third kappa shape index (κ3) is 7.04. The molecule has 0 bridgehead atoms. The normalized spacial score (nSPS) is 11.6. The van der Waals surface area contributed by atoms with Crippen molar-refractivity contribution in [3.8, 4) is 11.5 Å². The van der Waals surface area contributed by atoms with Crippen LogP contribution in [0, 0.1) is 5.92 Å². The number of ether oxygens (including phenoxy) is 2. The summed E-state index contributed by atoms with van der Waals surface area (Å²) >= 11 is 0. The van der Waals surface area contributed by atoms with E-state index >= 15 is 0 Å². The van der Waals surface area contributed by atoms with Crippen LogP contribution < -0.4 is 9.47 Å². The molecule has 0 aliphatic rings. The topological polar surface area (TPSA) is 76.1 Å². The fourth-order valence-electron chi connectivity index (χ4n) is 1.99. The molecular weight excluding hydrogens is 298 g/mol. The first-order valence-electron chi connectivity index (χ1n) is 7.76. The number of carboxylic acids is 1. The van der Waals surface area contributed by atoms with Crippen molar-refractivity contribution in [2.24, 2.45) is 5.92 Å². The minimum Gasteiger partial charge on any atom is -0.494 e. The Kier molecular flexibility index (Phi) is 7.94. The number of carbonyl (C=O) groups excluding carboxylic acids is 1. The molecule has 0 aromatic heterocycles. The number of aliphatic carboxylic acids is 1. The van der Waals surface area contributed by atoms with Gasteiger partial charge in [-0.25, -0.2) is 0 Å². The van der Waals surface area contributed by atoms with Gasteiger partial charge in [-0.2, -0.15) is 0 Å². The number of carboxylic acid groups (broad SMARTS) is 1. The lowest BCUT2D eigenvalue weighted by atomic mass is 10.1. The molecule has 1 atom stereocenters. The number of rotatable bonds is 10. The summed E-state index contributed by atoms with van der Waals surface area (Å²) in [5, 5.41) is 8.84. The van der Waals surface area contributed by atoms with Crippen molar-refractivity contribution < 1.29 is 24.2 Å². The molecule has 0 saturated heterocycles. The van der Waals surface area contributed by atoms with Crippen molar-refractivity contribution in [3.05, 3.63) is 24.3 Å². The summed E-state index contributed by atoms with van der Waals surface area (Å²) in [6.07, 6.45) is 0.914. The summed E-state index contributed by atoms with van der Waals surface area (Å²) in [7, 11) is 1.62. The second-order valence-corrected chi connectivity index (χ2v) is 5.37. The Hall–Kier alpha value is -2.24. The van der Waals surface area contributed by atoms with E-state index in [-0.39, 0.29) is 12.5 Å². The molecular formula is C17H25NO5. The Bertz CT molecular complexity index is 500. The van der Waals surface area contributed by atoms with Crippen LogP contribution in [0.1, 0.15) is 26.7 Å². The van der Waals surface area contributed by atoms with E-state index in [4.69, 9.17) is 14.6 Å². The average molecular weight is 323 g/mol. The van der Waals surface area contributed by atoms with E-state index in [1.165, 1.54) is 4.90 Å². The monoisotopic (exact) mass is 323 g/mol. The third-order valence-electron chi connectivity index (χ3n) is 3.33. The molecule has 0 fully saturated rings. The van der Waals surface area contributed by atoms with Crippen molar-refractivity contribution in [1.82, 2.24) is 4.90 Å². The molecule has 1 unspecified atom stereocenters. The SMILES string of the molecule is CCOc1ccc(OCCCC(=O)N(C)CC(C)C(=O)O)cc1. The number of nitrogens with zero attached hydrogens (tertiary/aromatic N) is 1. The smallest absolute Gasteiger partial charge is 0.308 e. The first-order valence-corrected chi connectivity index (χ1v) is 7.76. The van der Waals surface area contributed by atoms with Crippen molar-refractivity contribution in [3.63, 3.8) is 0 Å². The second kappa shape index (κ2) is 9.71. The van der Waals surface area contributed by atoms with Gasteiger partial charge < -0.3 is 19.5 Å². The van der Waals surface area contributed by atoms with Crippen LogP contribution in [-0.2, 0) is 9.59 Å². The summed E-state index contributed by atoms with van der Waals surface area (Å²) in [5.41, 5.74) is 0. The molecule has 0 saturated carbocycles. The van der Waals surface area contributed by atoms with Gasteiger partial charge in [0.2, 0.25) is 5.91 Å².